The molecule has 2 rings (SSSR count). The first kappa shape index (κ1) is 12.2. The van der Waals surface area contributed by atoms with Crippen molar-refractivity contribution >= 4 is 5.97 Å². The third-order valence-corrected chi connectivity index (χ3v) is 2.44. The van der Waals surface area contributed by atoms with E-state index >= 15 is 0 Å². The van der Waals surface area contributed by atoms with Crippen LogP contribution in [0.1, 0.15) is 16.3 Å². The molecule has 18 heavy (non-hydrogen) atoms. The van der Waals surface area contributed by atoms with Gasteiger partial charge in [0.2, 0.25) is 0 Å². The summed E-state index contributed by atoms with van der Waals surface area (Å²) >= 11 is 0. The van der Waals surface area contributed by atoms with Crippen LogP contribution in [0, 0.1) is 12.7 Å². The first-order valence-corrected chi connectivity index (χ1v) is 5.14. The lowest BCUT2D eigenvalue weighted by Gasteiger charge is -2.05. The molecule has 0 aromatic carbocycles. The Balaban J connectivity index is 2.64. The van der Waals surface area contributed by atoms with Crippen LogP contribution in [0.3, 0.4) is 0 Å². The molecule has 0 fully saturated rings. The normalized spacial score (nSPS) is 10.4. The highest BCUT2D eigenvalue weighted by molar-refractivity contribution is 5.94. The lowest BCUT2D eigenvalue weighted by Crippen LogP contribution is -2.10. The van der Waals surface area contributed by atoms with Crippen molar-refractivity contribution in [2.75, 3.05) is 7.11 Å². The van der Waals surface area contributed by atoms with Crippen LogP contribution in [0.15, 0.2) is 12.4 Å². The topological polar surface area (TPSA) is 69.9 Å². The first-order chi connectivity index (χ1) is 8.54. The summed E-state index contributed by atoms with van der Waals surface area (Å²) < 4.78 is 19.7. The predicted octanol–water partition coefficient (Wildman–Crippen LogP) is 1.11. The molecule has 7 heteroatoms. The van der Waals surface area contributed by atoms with E-state index in [0.29, 0.717) is 5.82 Å². The lowest BCUT2D eigenvalue weighted by atomic mass is 10.1. The van der Waals surface area contributed by atoms with Crippen molar-refractivity contribution in [2.24, 2.45) is 7.05 Å². The quantitative estimate of drug-likeness (QED) is 0.747. The molecule has 0 unspecified atom stereocenters. The summed E-state index contributed by atoms with van der Waals surface area (Å²) in [6.45, 7) is 1.64. The number of carbonyl (C=O) groups excluding carboxylic acids is 1. The fraction of sp³-hybridized carbons (Fsp3) is 0.273. The lowest BCUT2D eigenvalue weighted by molar-refractivity contribution is 0.0589. The summed E-state index contributed by atoms with van der Waals surface area (Å²) in [6, 6.07) is 0. The molecule has 0 saturated heterocycles. The number of ether oxygens (including phenoxy) is 1. The highest BCUT2D eigenvalue weighted by Gasteiger charge is 2.22. The number of carbonyl (C=O) groups is 1. The average molecular weight is 250 g/mol. The fourth-order valence-electron chi connectivity index (χ4n) is 1.59. The third kappa shape index (κ3) is 1.94. The van der Waals surface area contributed by atoms with Gasteiger partial charge in [-0.05, 0) is 6.92 Å². The van der Waals surface area contributed by atoms with E-state index < -0.39 is 11.8 Å². The van der Waals surface area contributed by atoms with Gasteiger partial charge in [-0.1, -0.05) is 0 Å². The van der Waals surface area contributed by atoms with Gasteiger partial charge in [0, 0.05) is 7.05 Å². The molecule has 0 saturated carbocycles. The zero-order valence-corrected chi connectivity index (χ0v) is 10.1. The fourth-order valence-corrected chi connectivity index (χ4v) is 1.59. The van der Waals surface area contributed by atoms with Gasteiger partial charge in [-0.2, -0.15) is 5.10 Å². The first-order valence-electron chi connectivity index (χ1n) is 5.14. The van der Waals surface area contributed by atoms with Crippen molar-refractivity contribution in [3.8, 4) is 11.3 Å². The minimum Gasteiger partial charge on any atom is -0.464 e. The number of esters is 1. The van der Waals surface area contributed by atoms with Gasteiger partial charge < -0.3 is 4.74 Å². The number of halogens is 1. The van der Waals surface area contributed by atoms with Crippen LogP contribution in [0.2, 0.25) is 0 Å². The molecule has 0 bridgehead atoms. The molecule has 0 N–H and O–H groups in total. The van der Waals surface area contributed by atoms with E-state index in [1.54, 1.807) is 14.0 Å². The van der Waals surface area contributed by atoms with E-state index in [-0.39, 0.29) is 17.0 Å². The molecule has 0 aliphatic rings. The number of hydrogen-bond acceptors (Lipinski definition) is 5. The summed E-state index contributed by atoms with van der Waals surface area (Å²) in [5, 5.41) is 3.92. The van der Waals surface area contributed by atoms with Crippen molar-refractivity contribution in [3.63, 3.8) is 0 Å². The third-order valence-electron chi connectivity index (χ3n) is 2.44. The number of rotatable bonds is 2. The van der Waals surface area contributed by atoms with Crippen LogP contribution < -0.4 is 0 Å². The second kappa shape index (κ2) is 4.52. The predicted molar refractivity (Wildman–Crippen MR) is 60.3 cm³/mol. The van der Waals surface area contributed by atoms with Gasteiger partial charge in [-0.3, -0.25) is 4.68 Å². The highest BCUT2D eigenvalue weighted by atomic mass is 19.1. The molecule has 2 heterocycles. The molecule has 0 spiro atoms. The summed E-state index contributed by atoms with van der Waals surface area (Å²) in [7, 11) is 2.82. The molecule has 94 valence electrons. The number of aryl methyl sites for hydroxylation is 2. The van der Waals surface area contributed by atoms with E-state index in [1.165, 1.54) is 18.0 Å². The molecule has 0 aliphatic carbocycles. The second-order valence-electron chi connectivity index (χ2n) is 3.64. The van der Waals surface area contributed by atoms with Crippen LogP contribution in [-0.4, -0.2) is 32.8 Å². The van der Waals surface area contributed by atoms with Crippen molar-refractivity contribution in [1.29, 1.82) is 0 Å². The Bertz CT molecular complexity index is 609. The maximum Gasteiger partial charge on any atom is 0.357 e. The Kier molecular flexibility index (Phi) is 3.05. The Labute approximate surface area is 102 Å². The number of nitrogens with zero attached hydrogens (tertiary/aromatic N) is 4. The molecular weight excluding hydrogens is 239 g/mol. The maximum absolute atomic E-state index is 13.7. The van der Waals surface area contributed by atoms with E-state index in [4.69, 9.17) is 0 Å². The Hall–Kier alpha value is -2.31. The van der Waals surface area contributed by atoms with Gasteiger partial charge in [0.05, 0.1) is 25.1 Å². The van der Waals surface area contributed by atoms with Crippen LogP contribution in [0.5, 0.6) is 0 Å². The molecule has 2 aromatic heterocycles. The molecule has 0 radical (unpaired) electrons. The van der Waals surface area contributed by atoms with Gasteiger partial charge in [0.25, 0.3) is 0 Å². The molecule has 0 amide bonds. The summed E-state index contributed by atoms with van der Waals surface area (Å²) in [6.07, 6.45) is 2.43. The molecular formula is C11H11FN4O2. The van der Waals surface area contributed by atoms with Crippen LogP contribution >= 0.6 is 0 Å². The van der Waals surface area contributed by atoms with Crippen molar-refractivity contribution in [3.05, 3.63) is 29.7 Å². The van der Waals surface area contributed by atoms with Gasteiger partial charge in [-0.25, -0.2) is 19.2 Å². The van der Waals surface area contributed by atoms with Gasteiger partial charge in [-0.15, -0.1) is 0 Å². The van der Waals surface area contributed by atoms with Crippen molar-refractivity contribution in [2.45, 2.75) is 6.92 Å². The van der Waals surface area contributed by atoms with Gasteiger partial charge >= 0.3 is 5.97 Å². The van der Waals surface area contributed by atoms with Gasteiger partial charge in [0.1, 0.15) is 11.5 Å². The SMILES string of the molecule is COC(=O)c1c(-c2nc(C)ncc2F)cnn1C. The minimum absolute atomic E-state index is 0.0380. The Morgan fingerprint density at radius 2 is 2.17 bits per heavy atom. The summed E-state index contributed by atoms with van der Waals surface area (Å²) in [5.41, 5.74) is 0.470. The zero-order valence-electron chi connectivity index (χ0n) is 10.1. The molecule has 2 aromatic rings. The number of methoxy groups -OCH3 is 1. The largest absolute Gasteiger partial charge is 0.464 e. The second-order valence-corrected chi connectivity index (χ2v) is 3.64. The van der Waals surface area contributed by atoms with E-state index in [9.17, 15) is 9.18 Å². The standard InChI is InChI=1S/C11H11FN4O2/c1-6-13-5-8(12)9(15-6)7-4-14-16(2)10(7)11(17)18-3/h4-5H,1-3H3. The van der Waals surface area contributed by atoms with E-state index in [2.05, 4.69) is 19.8 Å². The zero-order chi connectivity index (χ0) is 13.3. The van der Waals surface area contributed by atoms with Crippen LogP contribution in [-0.2, 0) is 11.8 Å². The molecule has 6 nitrogen and oxygen atoms in total. The number of aromatic nitrogens is 4. The smallest absolute Gasteiger partial charge is 0.357 e. The highest BCUT2D eigenvalue weighted by Crippen LogP contribution is 2.24. The van der Waals surface area contributed by atoms with E-state index in [1.807, 2.05) is 0 Å². The Morgan fingerprint density at radius 3 is 2.83 bits per heavy atom. The summed E-state index contributed by atoms with van der Waals surface area (Å²) in [5.74, 6) is -0.800. The van der Waals surface area contributed by atoms with Crippen molar-refractivity contribution in [1.82, 2.24) is 19.7 Å². The minimum atomic E-state index is -0.612. The number of hydrogen-bond donors (Lipinski definition) is 0. The molecule has 0 aliphatic heterocycles. The monoisotopic (exact) mass is 250 g/mol. The van der Waals surface area contributed by atoms with Crippen LogP contribution in [0.25, 0.3) is 11.3 Å². The van der Waals surface area contributed by atoms with E-state index in [0.717, 1.165) is 6.20 Å². The maximum atomic E-state index is 13.7. The summed E-state index contributed by atoms with van der Waals surface area (Å²) in [4.78, 5) is 19.4. The Morgan fingerprint density at radius 1 is 1.44 bits per heavy atom. The van der Waals surface area contributed by atoms with Gasteiger partial charge in [0.15, 0.2) is 11.5 Å². The van der Waals surface area contributed by atoms with Crippen LogP contribution in [0.4, 0.5) is 4.39 Å². The average Bonchev–Trinajstić information content (AvgIpc) is 2.73. The molecule has 0 atom stereocenters. The van der Waals surface area contributed by atoms with Crippen molar-refractivity contribution < 1.29 is 13.9 Å².